The first-order chi connectivity index (χ1) is 8.63. The Morgan fingerprint density at radius 1 is 1.22 bits per heavy atom. The van der Waals surface area contributed by atoms with Crippen LogP contribution in [0.15, 0.2) is 18.2 Å². The molecule has 4 heteroatoms. The molecule has 0 saturated carbocycles. The highest BCUT2D eigenvalue weighted by Gasteiger charge is 2.21. The van der Waals surface area contributed by atoms with E-state index in [9.17, 15) is 0 Å². The number of nitrogens with zero attached hydrogens (tertiary/aromatic N) is 2. The maximum atomic E-state index is 6.26. The summed E-state index contributed by atoms with van der Waals surface area (Å²) in [7, 11) is 0. The third-order valence-corrected chi connectivity index (χ3v) is 4.53. The molecule has 0 spiro atoms. The van der Waals surface area contributed by atoms with Crippen LogP contribution in [-0.4, -0.2) is 37.1 Å². The van der Waals surface area contributed by atoms with E-state index in [2.05, 4.69) is 45.6 Å². The molecule has 1 aliphatic heterocycles. The number of piperazine rings is 1. The van der Waals surface area contributed by atoms with Crippen LogP contribution in [0.5, 0.6) is 0 Å². The lowest BCUT2D eigenvalue weighted by molar-refractivity contribution is 0.209. The first-order valence-electron chi connectivity index (χ1n) is 6.46. The van der Waals surface area contributed by atoms with Crippen molar-refractivity contribution >= 4 is 33.2 Å². The van der Waals surface area contributed by atoms with Crippen molar-refractivity contribution in [2.75, 3.05) is 31.1 Å². The molecule has 18 heavy (non-hydrogen) atoms. The smallest absolute Gasteiger partial charge is 0.0467 e. The van der Waals surface area contributed by atoms with Crippen molar-refractivity contribution in [1.82, 2.24) is 4.90 Å². The van der Waals surface area contributed by atoms with E-state index in [1.807, 2.05) is 12.1 Å². The Kier molecular flexibility index (Phi) is 4.93. The number of hydrogen-bond donors (Lipinski definition) is 0. The Bertz CT molecular complexity index is 401. The van der Waals surface area contributed by atoms with E-state index in [1.54, 1.807) is 0 Å². The summed E-state index contributed by atoms with van der Waals surface area (Å²) in [6.45, 7) is 8.95. The topological polar surface area (TPSA) is 6.48 Å². The average molecular weight is 332 g/mol. The number of alkyl halides is 1. The molecule has 0 radical (unpaired) electrons. The lowest BCUT2D eigenvalue weighted by Crippen LogP contribution is -2.49. The van der Waals surface area contributed by atoms with Gasteiger partial charge in [-0.25, -0.2) is 0 Å². The van der Waals surface area contributed by atoms with Crippen molar-refractivity contribution in [3.05, 3.63) is 28.8 Å². The molecule has 1 heterocycles. The predicted octanol–water partition coefficient (Wildman–Crippen LogP) is 3.77. The van der Waals surface area contributed by atoms with Gasteiger partial charge in [-0.1, -0.05) is 33.6 Å². The summed E-state index contributed by atoms with van der Waals surface area (Å²) >= 11 is 9.80. The van der Waals surface area contributed by atoms with Gasteiger partial charge in [0.2, 0.25) is 0 Å². The van der Waals surface area contributed by atoms with Crippen LogP contribution in [-0.2, 0) is 5.33 Å². The van der Waals surface area contributed by atoms with E-state index >= 15 is 0 Å². The SMILES string of the molecule is CC(C)N1CCN(c2cccc(Cl)c2CBr)CC1. The number of halogens is 2. The van der Waals surface area contributed by atoms with Gasteiger partial charge in [0.05, 0.1) is 0 Å². The van der Waals surface area contributed by atoms with Crippen LogP contribution in [0.1, 0.15) is 19.4 Å². The average Bonchev–Trinajstić information content (AvgIpc) is 2.38. The fraction of sp³-hybridized carbons (Fsp3) is 0.571. The maximum Gasteiger partial charge on any atom is 0.0467 e. The highest BCUT2D eigenvalue weighted by atomic mass is 79.9. The minimum Gasteiger partial charge on any atom is -0.369 e. The molecule has 0 bridgehead atoms. The Hall–Kier alpha value is -0.250. The van der Waals surface area contributed by atoms with E-state index in [1.165, 1.54) is 11.3 Å². The van der Waals surface area contributed by atoms with Crippen LogP contribution in [0.3, 0.4) is 0 Å². The summed E-state index contributed by atoms with van der Waals surface area (Å²) in [5.41, 5.74) is 2.49. The van der Waals surface area contributed by atoms with Gasteiger partial charge in [0, 0.05) is 53.8 Å². The standard InChI is InChI=1S/C14H20BrClN2/c1-11(2)17-6-8-18(9-7-17)14-5-3-4-13(16)12(14)10-15/h3-5,11H,6-10H2,1-2H3. The molecule has 0 aliphatic carbocycles. The van der Waals surface area contributed by atoms with E-state index < -0.39 is 0 Å². The molecule has 1 aromatic rings. The van der Waals surface area contributed by atoms with Crippen LogP contribution >= 0.6 is 27.5 Å². The van der Waals surface area contributed by atoms with E-state index in [0.29, 0.717) is 6.04 Å². The van der Waals surface area contributed by atoms with Crippen molar-refractivity contribution < 1.29 is 0 Å². The molecule has 1 aliphatic rings. The van der Waals surface area contributed by atoms with Crippen LogP contribution < -0.4 is 4.90 Å². The molecule has 1 fully saturated rings. The zero-order chi connectivity index (χ0) is 13.1. The van der Waals surface area contributed by atoms with Gasteiger partial charge < -0.3 is 4.90 Å². The molecule has 100 valence electrons. The Balaban J connectivity index is 2.12. The minimum absolute atomic E-state index is 0.641. The second-order valence-corrected chi connectivity index (χ2v) is 5.96. The van der Waals surface area contributed by atoms with Crippen molar-refractivity contribution in [3.63, 3.8) is 0 Å². The Labute approximate surface area is 123 Å². The van der Waals surface area contributed by atoms with Gasteiger partial charge in [-0.2, -0.15) is 0 Å². The molecule has 0 atom stereocenters. The third-order valence-electron chi connectivity index (χ3n) is 3.61. The van der Waals surface area contributed by atoms with Gasteiger partial charge in [-0.05, 0) is 26.0 Å². The molecular formula is C14H20BrClN2. The van der Waals surface area contributed by atoms with Crippen molar-refractivity contribution in [2.45, 2.75) is 25.2 Å². The van der Waals surface area contributed by atoms with Gasteiger partial charge in [0.25, 0.3) is 0 Å². The Morgan fingerprint density at radius 2 is 1.89 bits per heavy atom. The minimum atomic E-state index is 0.641. The summed E-state index contributed by atoms with van der Waals surface area (Å²) in [6.07, 6.45) is 0. The van der Waals surface area contributed by atoms with E-state index in [-0.39, 0.29) is 0 Å². The van der Waals surface area contributed by atoms with Gasteiger partial charge >= 0.3 is 0 Å². The molecule has 0 amide bonds. The second-order valence-electron chi connectivity index (χ2n) is 4.99. The quantitative estimate of drug-likeness (QED) is 0.778. The zero-order valence-electron chi connectivity index (χ0n) is 11.0. The predicted molar refractivity (Wildman–Crippen MR) is 83.0 cm³/mol. The molecule has 2 nitrogen and oxygen atoms in total. The molecule has 2 rings (SSSR count). The Morgan fingerprint density at radius 3 is 2.44 bits per heavy atom. The van der Waals surface area contributed by atoms with Crippen molar-refractivity contribution in [3.8, 4) is 0 Å². The molecule has 1 aromatic carbocycles. The molecule has 0 N–H and O–H groups in total. The summed E-state index contributed by atoms with van der Waals surface area (Å²) in [5, 5.41) is 1.67. The van der Waals surface area contributed by atoms with Crippen molar-refractivity contribution in [1.29, 1.82) is 0 Å². The summed E-state index contributed by atoms with van der Waals surface area (Å²) in [4.78, 5) is 4.97. The van der Waals surface area contributed by atoms with Gasteiger partial charge in [-0.15, -0.1) is 0 Å². The summed E-state index contributed by atoms with van der Waals surface area (Å²) in [6, 6.07) is 6.82. The molecule has 0 aromatic heterocycles. The number of anilines is 1. The summed E-state index contributed by atoms with van der Waals surface area (Å²) in [5.74, 6) is 0. The fourth-order valence-electron chi connectivity index (χ4n) is 2.46. The first kappa shape index (κ1) is 14.2. The van der Waals surface area contributed by atoms with Crippen LogP contribution in [0.2, 0.25) is 5.02 Å². The third kappa shape index (κ3) is 3.01. The normalized spacial score (nSPS) is 17.5. The lowest BCUT2D eigenvalue weighted by Gasteiger charge is -2.38. The molecule has 0 unspecified atom stereocenters. The number of benzene rings is 1. The van der Waals surface area contributed by atoms with E-state index in [4.69, 9.17) is 11.6 Å². The zero-order valence-corrected chi connectivity index (χ0v) is 13.3. The fourth-order valence-corrected chi connectivity index (χ4v) is 3.44. The van der Waals surface area contributed by atoms with Gasteiger partial charge in [0.15, 0.2) is 0 Å². The van der Waals surface area contributed by atoms with Crippen LogP contribution in [0.25, 0.3) is 0 Å². The molecule has 1 saturated heterocycles. The highest BCUT2D eigenvalue weighted by Crippen LogP contribution is 2.30. The lowest BCUT2D eigenvalue weighted by atomic mass is 10.1. The van der Waals surface area contributed by atoms with Gasteiger partial charge in [-0.3, -0.25) is 4.90 Å². The van der Waals surface area contributed by atoms with Crippen LogP contribution in [0, 0.1) is 0 Å². The second kappa shape index (κ2) is 6.27. The van der Waals surface area contributed by atoms with Crippen molar-refractivity contribution in [2.24, 2.45) is 0 Å². The monoisotopic (exact) mass is 330 g/mol. The summed E-state index contributed by atoms with van der Waals surface area (Å²) < 4.78 is 0. The first-order valence-corrected chi connectivity index (χ1v) is 7.95. The maximum absolute atomic E-state index is 6.26. The largest absolute Gasteiger partial charge is 0.369 e. The number of hydrogen-bond acceptors (Lipinski definition) is 2. The van der Waals surface area contributed by atoms with E-state index in [0.717, 1.165) is 36.5 Å². The van der Waals surface area contributed by atoms with Crippen LogP contribution in [0.4, 0.5) is 5.69 Å². The highest BCUT2D eigenvalue weighted by molar-refractivity contribution is 9.08. The number of rotatable bonds is 3. The molecular weight excluding hydrogens is 312 g/mol. The van der Waals surface area contributed by atoms with Gasteiger partial charge in [0.1, 0.15) is 0 Å².